The van der Waals surface area contributed by atoms with Gasteiger partial charge in [-0.25, -0.2) is 0 Å². The second-order valence-corrected chi connectivity index (χ2v) is 6.31. The smallest absolute Gasteiger partial charge is 0.308 e. The van der Waals surface area contributed by atoms with Crippen molar-refractivity contribution in [2.75, 3.05) is 6.54 Å². The lowest BCUT2D eigenvalue weighted by Crippen LogP contribution is -2.37. The lowest BCUT2D eigenvalue weighted by atomic mass is 9.96. The molecule has 3 rings (SSSR count). The van der Waals surface area contributed by atoms with E-state index in [-0.39, 0.29) is 18.4 Å². The highest BCUT2D eigenvalue weighted by Crippen LogP contribution is 2.19. The van der Waals surface area contributed by atoms with Gasteiger partial charge in [0.1, 0.15) is 0 Å². The summed E-state index contributed by atoms with van der Waals surface area (Å²) in [5.74, 6) is -1.60. The number of carbonyl (C=O) groups is 2. The van der Waals surface area contributed by atoms with Crippen molar-refractivity contribution in [2.24, 2.45) is 11.8 Å². The summed E-state index contributed by atoms with van der Waals surface area (Å²) in [4.78, 5) is 23.6. The molecule has 0 aliphatic heterocycles. The molecule has 0 saturated carbocycles. The van der Waals surface area contributed by atoms with Crippen LogP contribution >= 0.6 is 0 Å². The lowest BCUT2D eigenvalue weighted by Gasteiger charge is -2.16. The summed E-state index contributed by atoms with van der Waals surface area (Å²) < 4.78 is 0. The molecule has 0 radical (unpaired) electrons. The van der Waals surface area contributed by atoms with Crippen LogP contribution in [-0.2, 0) is 16.0 Å². The Hall–Kier alpha value is -2.62. The van der Waals surface area contributed by atoms with E-state index in [1.807, 2.05) is 54.6 Å². The summed E-state index contributed by atoms with van der Waals surface area (Å²) in [5, 5.41) is 14.5. The number of hydrogen-bond donors (Lipinski definition) is 2. The topological polar surface area (TPSA) is 66.4 Å². The number of rotatable bonds is 6. The summed E-state index contributed by atoms with van der Waals surface area (Å²) in [6, 6.07) is 14.0. The van der Waals surface area contributed by atoms with Gasteiger partial charge < -0.3 is 10.4 Å². The quantitative estimate of drug-likeness (QED) is 0.803. The SMILES string of the molecule is O=C(O)C(CNC(=O)C1CC=CC1)Cc1ccc2ccccc2c1. The molecule has 0 saturated heterocycles. The number of nitrogens with one attached hydrogen (secondary N) is 1. The minimum atomic E-state index is -0.881. The Bertz CT molecular complexity index is 773. The van der Waals surface area contributed by atoms with Gasteiger partial charge in [0, 0.05) is 12.5 Å². The van der Waals surface area contributed by atoms with Crippen molar-refractivity contribution < 1.29 is 14.7 Å². The molecule has 1 aliphatic carbocycles. The molecular weight excluding hydrogens is 302 g/mol. The van der Waals surface area contributed by atoms with Crippen molar-refractivity contribution >= 4 is 22.6 Å². The molecule has 124 valence electrons. The van der Waals surface area contributed by atoms with E-state index in [0.29, 0.717) is 6.42 Å². The van der Waals surface area contributed by atoms with Crippen LogP contribution in [-0.4, -0.2) is 23.5 Å². The Morgan fingerprint density at radius 1 is 1.08 bits per heavy atom. The maximum absolute atomic E-state index is 12.1. The molecule has 0 spiro atoms. The average molecular weight is 323 g/mol. The number of carboxylic acid groups (broad SMARTS) is 1. The van der Waals surface area contributed by atoms with Gasteiger partial charge in [-0.1, -0.05) is 54.6 Å². The maximum Gasteiger partial charge on any atom is 0.308 e. The second-order valence-electron chi connectivity index (χ2n) is 6.31. The maximum atomic E-state index is 12.1. The standard InChI is InChI=1S/C20H21NO3/c22-19(16-6-2-3-7-16)21-13-18(20(23)24)12-14-9-10-15-5-1-4-8-17(15)11-14/h1-5,8-11,16,18H,6-7,12-13H2,(H,21,22)(H,23,24). The molecule has 1 amide bonds. The van der Waals surface area contributed by atoms with E-state index in [1.54, 1.807) is 0 Å². The third-order valence-corrected chi connectivity index (χ3v) is 4.55. The first-order valence-electron chi connectivity index (χ1n) is 8.26. The molecule has 2 aromatic carbocycles. The predicted molar refractivity (Wildman–Crippen MR) is 93.7 cm³/mol. The van der Waals surface area contributed by atoms with Crippen molar-refractivity contribution in [1.29, 1.82) is 0 Å². The Morgan fingerprint density at radius 3 is 2.50 bits per heavy atom. The van der Waals surface area contributed by atoms with Crippen LogP contribution in [0.3, 0.4) is 0 Å². The number of amides is 1. The first-order valence-corrected chi connectivity index (χ1v) is 8.26. The van der Waals surface area contributed by atoms with Crippen LogP contribution in [0.5, 0.6) is 0 Å². The largest absolute Gasteiger partial charge is 0.481 e. The fourth-order valence-corrected chi connectivity index (χ4v) is 3.10. The molecule has 0 fully saturated rings. The van der Waals surface area contributed by atoms with Gasteiger partial charge in [-0.2, -0.15) is 0 Å². The van der Waals surface area contributed by atoms with E-state index in [1.165, 1.54) is 0 Å². The van der Waals surface area contributed by atoms with Gasteiger partial charge in [-0.15, -0.1) is 0 Å². The number of aliphatic carboxylic acids is 1. The average Bonchev–Trinajstić information content (AvgIpc) is 3.12. The summed E-state index contributed by atoms with van der Waals surface area (Å²) in [6.07, 6.45) is 5.88. The van der Waals surface area contributed by atoms with Gasteiger partial charge in [0.25, 0.3) is 0 Å². The summed E-state index contributed by atoms with van der Waals surface area (Å²) >= 11 is 0. The highest BCUT2D eigenvalue weighted by molar-refractivity contribution is 5.83. The monoisotopic (exact) mass is 323 g/mol. The zero-order valence-electron chi connectivity index (χ0n) is 13.4. The van der Waals surface area contributed by atoms with Crippen LogP contribution in [0.4, 0.5) is 0 Å². The van der Waals surface area contributed by atoms with Crippen LogP contribution in [0.25, 0.3) is 10.8 Å². The molecule has 4 nitrogen and oxygen atoms in total. The lowest BCUT2D eigenvalue weighted by molar-refractivity contribution is -0.141. The van der Waals surface area contributed by atoms with Crippen molar-refractivity contribution in [1.82, 2.24) is 5.32 Å². The Balaban J connectivity index is 1.64. The number of fused-ring (bicyclic) bond motifs is 1. The first kappa shape index (κ1) is 16.2. The molecule has 4 heteroatoms. The fourth-order valence-electron chi connectivity index (χ4n) is 3.10. The third-order valence-electron chi connectivity index (χ3n) is 4.55. The molecule has 0 bridgehead atoms. The number of allylic oxidation sites excluding steroid dienone is 2. The van der Waals surface area contributed by atoms with Gasteiger partial charge in [0.15, 0.2) is 0 Å². The van der Waals surface area contributed by atoms with E-state index >= 15 is 0 Å². The van der Waals surface area contributed by atoms with Gasteiger partial charge in [0.05, 0.1) is 5.92 Å². The molecule has 1 unspecified atom stereocenters. The number of carboxylic acids is 1. The zero-order chi connectivity index (χ0) is 16.9. The van der Waals surface area contributed by atoms with Crippen LogP contribution in [0, 0.1) is 11.8 Å². The number of carbonyl (C=O) groups excluding carboxylic acids is 1. The highest BCUT2D eigenvalue weighted by atomic mass is 16.4. The number of benzene rings is 2. The van der Waals surface area contributed by atoms with Crippen LogP contribution in [0.2, 0.25) is 0 Å². The van der Waals surface area contributed by atoms with Crippen molar-refractivity contribution in [3.05, 3.63) is 60.2 Å². The normalized spacial score (nSPS) is 15.5. The first-order chi connectivity index (χ1) is 11.6. The van der Waals surface area contributed by atoms with Crippen molar-refractivity contribution in [3.63, 3.8) is 0 Å². The second kappa shape index (κ2) is 7.30. The van der Waals surface area contributed by atoms with E-state index < -0.39 is 11.9 Å². The van der Waals surface area contributed by atoms with Crippen molar-refractivity contribution in [3.8, 4) is 0 Å². The van der Waals surface area contributed by atoms with Crippen LogP contribution < -0.4 is 5.32 Å². The van der Waals surface area contributed by atoms with E-state index in [2.05, 4.69) is 5.32 Å². The molecule has 24 heavy (non-hydrogen) atoms. The summed E-state index contributed by atoms with van der Waals surface area (Å²) in [6.45, 7) is 0.164. The van der Waals surface area contributed by atoms with Gasteiger partial charge >= 0.3 is 5.97 Å². The van der Waals surface area contributed by atoms with E-state index in [4.69, 9.17) is 0 Å². The Kier molecular flexibility index (Phi) is 4.94. The van der Waals surface area contributed by atoms with Crippen LogP contribution in [0.15, 0.2) is 54.6 Å². The molecular formula is C20H21NO3. The Labute approximate surface area is 141 Å². The molecule has 0 aromatic heterocycles. The Morgan fingerprint density at radius 2 is 1.79 bits per heavy atom. The molecule has 1 atom stereocenters. The molecule has 2 N–H and O–H groups in total. The third kappa shape index (κ3) is 3.82. The van der Waals surface area contributed by atoms with Crippen LogP contribution in [0.1, 0.15) is 18.4 Å². The predicted octanol–water partition coefficient (Wildman–Crippen LogP) is 3.17. The molecule has 1 aliphatic rings. The summed E-state index contributed by atoms with van der Waals surface area (Å²) in [7, 11) is 0. The molecule has 0 heterocycles. The highest BCUT2D eigenvalue weighted by Gasteiger charge is 2.23. The minimum Gasteiger partial charge on any atom is -0.481 e. The van der Waals surface area contributed by atoms with E-state index in [0.717, 1.165) is 29.2 Å². The number of hydrogen-bond acceptors (Lipinski definition) is 2. The van der Waals surface area contributed by atoms with Gasteiger partial charge in [-0.05, 0) is 35.6 Å². The zero-order valence-corrected chi connectivity index (χ0v) is 13.4. The minimum absolute atomic E-state index is 0.0416. The van der Waals surface area contributed by atoms with Gasteiger partial charge in [-0.3, -0.25) is 9.59 Å². The van der Waals surface area contributed by atoms with Gasteiger partial charge in [0.2, 0.25) is 5.91 Å². The fraction of sp³-hybridized carbons (Fsp3) is 0.300. The van der Waals surface area contributed by atoms with Crippen molar-refractivity contribution in [2.45, 2.75) is 19.3 Å². The summed E-state index contributed by atoms with van der Waals surface area (Å²) in [5.41, 5.74) is 0.970. The van der Waals surface area contributed by atoms with E-state index in [9.17, 15) is 14.7 Å². The molecule has 2 aromatic rings.